The second-order valence-electron chi connectivity index (χ2n) is 8.83. The zero-order chi connectivity index (χ0) is 27.1. The van der Waals surface area contributed by atoms with E-state index in [1.807, 2.05) is 0 Å². The average Bonchev–Trinajstić information content (AvgIpc) is 3.42. The number of hydrogen-bond donors (Lipinski definition) is 4. The maximum Gasteiger partial charge on any atom is 0.274 e. The third-order valence-corrected chi connectivity index (χ3v) is 6.49. The van der Waals surface area contributed by atoms with Gasteiger partial charge in [0, 0.05) is 51.1 Å². The van der Waals surface area contributed by atoms with Gasteiger partial charge in [0.2, 0.25) is 0 Å². The Morgan fingerprint density at radius 3 is 2.29 bits per heavy atom. The first-order chi connectivity index (χ1) is 18.3. The fourth-order valence-electron chi connectivity index (χ4n) is 3.92. The summed E-state index contributed by atoms with van der Waals surface area (Å²) >= 11 is 6.29. The molecule has 11 nitrogen and oxygen atoms in total. The number of carbonyl (C=O) groups is 3. The van der Waals surface area contributed by atoms with Crippen LogP contribution in [0.4, 0.5) is 11.4 Å². The number of piperazine rings is 1. The van der Waals surface area contributed by atoms with Crippen molar-refractivity contribution in [2.75, 3.05) is 64.1 Å². The number of anilines is 2. The molecule has 200 valence electrons. The van der Waals surface area contributed by atoms with Crippen LogP contribution in [0.15, 0.2) is 48.8 Å². The number of aromatic nitrogens is 2. The summed E-state index contributed by atoms with van der Waals surface area (Å²) in [4.78, 5) is 48.5. The summed E-state index contributed by atoms with van der Waals surface area (Å²) in [5, 5.41) is 8.24. The quantitative estimate of drug-likeness (QED) is 0.328. The Balaban J connectivity index is 1.32. The highest BCUT2D eigenvalue weighted by Gasteiger charge is 2.20. The molecular formula is C26H30ClN7O4. The Kier molecular flexibility index (Phi) is 8.95. The minimum atomic E-state index is -0.519. The molecule has 1 aliphatic heterocycles. The maximum atomic E-state index is 12.9. The zero-order valence-corrected chi connectivity index (χ0v) is 22.0. The minimum Gasteiger partial charge on any atom is -0.492 e. The molecular weight excluding hydrogens is 510 g/mol. The molecule has 0 unspecified atom stereocenters. The van der Waals surface area contributed by atoms with Gasteiger partial charge in [-0.15, -0.1) is 0 Å². The number of ether oxygens (including phenoxy) is 1. The number of amides is 3. The lowest BCUT2D eigenvalue weighted by molar-refractivity contribution is 0.0943. The highest BCUT2D eigenvalue weighted by Crippen LogP contribution is 2.24. The molecule has 3 amide bonds. The normalized spacial score (nSPS) is 14.1. The summed E-state index contributed by atoms with van der Waals surface area (Å²) in [6, 6.07) is 11.6. The summed E-state index contributed by atoms with van der Waals surface area (Å²) in [6.07, 6.45) is 1.27. The molecule has 4 N–H and O–H groups in total. The number of hydrogen-bond acceptors (Lipinski definition) is 7. The lowest BCUT2D eigenvalue weighted by Crippen LogP contribution is -2.45. The van der Waals surface area contributed by atoms with Gasteiger partial charge in [-0.3, -0.25) is 19.3 Å². The van der Waals surface area contributed by atoms with Crippen LogP contribution in [-0.2, 0) is 0 Å². The number of nitrogens with one attached hydrogen (secondary N) is 4. The molecule has 12 heteroatoms. The van der Waals surface area contributed by atoms with Crippen LogP contribution >= 0.6 is 11.6 Å². The third-order valence-electron chi connectivity index (χ3n) is 6.16. The Morgan fingerprint density at radius 2 is 1.63 bits per heavy atom. The van der Waals surface area contributed by atoms with Crippen molar-refractivity contribution >= 4 is 40.7 Å². The third kappa shape index (κ3) is 6.88. The summed E-state index contributed by atoms with van der Waals surface area (Å²) in [6.45, 7) is 5.44. The van der Waals surface area contributed by atoms with Crippen LogP contribution < -0.4 is 20.7 Å². The number of imidazole rings is 1. The number of benzene rings is 2. The Morgan fingerprint density at radius 1 is 0.974 bits per heavy atom. The SMILES string of the molecule is CNC(=O)c1nc[nH]c1C(=O)Nc1ccc(NC(=O)c2cc(OCCN3CCN(C)CC3)ccc2Cl)cc1. The van der Waals surface area contributed by atoms with Crippen molar-refractivity contribution in [2.45, 2.75) is 0 Å². The van der Waals surface area contributed by atoms with E-state index in [0.717, 1.165) is 32.7 Å². The number of rotatable bonds is 9. The van der Waals surface area contributed by atoms with Gasteiger partial charge in [0.05, 0.1) is 16.9 Å². The van der Waals surface area contributed by atoms with Crippen molar-refractivity contribution in [1.82, 2.24) is 25.1 Å². The van der Waals surface area contributed by atoms with Crippen molar-refractivity contribution in [2.24, 2.45) is 0 Å². The number of halogens is 1. The van der Waals surface area contributed by atoms with E-state index in [0.29, 0.717) is 34.3 Å². The summed E-state index contributed by atoms with van der Waals surface area (Å²) in [5.41, 5.74) is 1.32. The summed E-state index contributed by atoms with van der Waals surface area (Å²) in [7, 11) is 3.58. The second-order valence-corrected chi connectivity index (χ2v) is 9.23. The second kappa shape index (κ2) is 12.5. The monoisotopic (exact) mass is 539 g/mol. The Hall–Kier alpha value is -3.93. The molecule has 0 spiro atoms. The molecule has 0 aliphatic carbocycles. The maximum absolute atomic E-state index is 12.9. The van der Waals surface area contributed by atoms with Crippen LogP contribution in [0.25, 0.3) is 0 Å². The molecule has 3 aromatic rings. The van der Waals surface area contributed by atoms with E-state index in [1.54, 1.807) is 42.5 Å². The van der Waals surface area contributed by atoms with E-state index in [-0.39, 0.29) is 17.3 Å². The van der Waals surface area contributed by atoms with Crippen molar-refractivity contribution in [3.05, 3.63) is 70.8 Å². The molecule has 0 atom stereocenters. The van der Waals surface area contributed by atoms with Crippen molar-refractivity contribution in [1.29, 1.82) is 0 Å². The van der Waals surface area contributed by atoms with Gasteiger partial charge >= 0.3 is 0 Å². The van der Waals surface area contributed by atoms with Crippen LogP contribution in [-0.4, -0.2) is 90.9 Å². The van der Waals surface area contributed by atoms with Gasteiger partial charge in [-0.2, -0.15) is 0 Å². The minimum absolute atomic E-state index is 0.00343. The molecule has 38 heavy (non-hydrogen) atoms. The van der Waals surface area contributed by atoms with Crippen LogP contribution in [0.2, 0.25) is 5.02 Å². The van der Waals surface area contributed by atoms with Gasteiger partial charge < -0.3 is 30.6 Å². The van der Waals surface area contributed by atoms with Gasteiger partial charge in [-0.25, -0.2) is 4.98 Å². The molecule has 0 radical (unpaired) electrons. The number of likely N-dealkylation sites (N-methyl/N-ethyl adjacent to an activating group) is 1. The number of H-pyrrole nitrogens is 1. The summed E-state index contributed by atoms with van der Waals surface area (Å²) in [5.74, 6) is -0.808. The van der Waals surface area contributed by atoms with E-state index < -0.39 is 11.8 Å². The smallest absolute Gasteiger partial charge is 0.274 e. The molecule has 2 heterocycles. The molecule has 0 bridgehead atoms. The topological polar surface area (TPSA) is 132 Å². The van der Waals surface area contributed by atoms with Crippen LogP contribution in [0, 0.1) is 0 Å². The van der Waals surface area contributed by atoms with Crippen LogP contribution in [0.5, 0.6) is 5.75 Å². The van der Waals surface area contributed by atoms with Crippen molar-refractivity contribution < 1.29 is 19.1 Å². The van der Waals surface area contributed by atoms with Gasteiger partial charge in [-0.05, 0) is 49.5 Å². The molecule has 1 aromatic heterocycles. The standard InChI is InChI=1S/C26H30ClN7O4/c1-28-25(36)22-23(30-16-29-22)26(37)32-18-5-3-17(4-6-18)31-24(35)20-15-19(7-8-21(20)27)38-14-13-34-11-9-33(2)10-12-34/h3-8,15-16H,9-14H2,1-2H3,(H,28,36)(H,29,30)(H,31,35)(H,32,37). The molecule has 1 fully saturated rings. The van der Waals surface area contributed by atoms with Crippen LogP contribution in [0.3, 0.4) is 0 Å². The van der Waals surface area contributed by atoms with Crippen LogP contribution in [0.1, 0.15) is 31.3 Å². The van der Waals surface area contributed by atoms with Crippen molar-refractivity contribution in [3.8, 4) is 5.75 Å². The van der Waals surface area contributed by atoms with E-state index in [9.17, 15) is 14.4 Å². The average molecular weight is 540 g/mol. The summed E-state index contributed by atoms with van der Waals surface area (Å²) < 4.78 is 5.88. The van der Waals surface area contributed by atoms with Gasteiger partial charge in [0.1, 0.15) is 18.1 Å². The molecule has 2 aromatic carbocycles. The zero-order valence-electron chi connectivity index (χ0n) is 21.2. The highest BCUT2D eigenvalue weighted by atomic mass is 35.5. The van der Waals surface area contributed by atoms with Crippen molar-refractivity contribution in [3.63, 3.8) is 0 Å². The first-order valence-electron chi connectivity index (χ1n) is 12.2. The predicted molar refractivity (Wildman–Crippen MR) is 145 cm³/mol. The predicted octanol–water partition coefficient (Wildman–Crippen LogP) is 2.55. The van der Waals surface area contributed by atoms with E-state index in [4.69, 9.17) is 16.3 Å². The fraction of sp³-hybridized carbons (Fsp3) is 0.308. The van der Waals surface area contributed by atoms with Gasteiger partial charge in [0.25, 0.3) is 17.7 Å². The highest BCUT2D eigenvalue weighted by molar-refractivity contribution is 6.34. The largest absolute Gasteiger partial charge is 0.492 e. The molecule has 4 rings (SSSR count). The van der Waals surface area contributed by atoms with E-state index in [2.05, 4.69) is 42.8 Å². The van der Waals surface area contributed by atoms with Gasteiger partial charge in [0.15, 0.2) is 5.69 Å². The fourth-order valence-corrected chi connectivity index (χ4v) is 4.12. The molecule has 1 aliphatic rings. The van der Waals surface area contributed by atoms with E-state index in [1.165, 1.54) is 13.4 Å². The number of nitrogens with zero attached hydrogens (tertiary/aromatic N) is 3. The number of aromatic amines is 1. The van der Waals surface area contributed by atoms with Gasteiger partial charge in [-0.1, -0.05) is 11.6 Å². The lowest BCUT2D eigenvalue weighted by Gasteiger charge is -2.32. The Bertz CT molecular complexity index is 1290. The molecule has 0 saturated carbocycles. The lowest BCUT2D eigenvalue weighted by atomic mass is 10.2. The Labute approximate surface area is 225 Å². The molecule has 1 saturated heterocycles. The number of carbonyl (C=O) groups excluding carboxylic acids is 3. The first-order valence-corrected chi connectivity index (χ1v) is 12.5. The van der Waals surface area contributed by atoms with E-state index >= 15 is 0 Å². The first kappa shape index (κ1) is 27.1.